The molecule has 0 aromatic heterocycles. The molecule has 1 unspecified atom stereocenters. The molecule has 0 N–H and O–H groups in total. The molecule has 1 atom stereocenters. The molecule has 0 fully saturated rings. The highest BCUT2D eigenvalue weighted by Crippen LogP contribution is 1.91. The van der Waals surface area contributed by atoms with Gasteiger partial charge in [-0.05, 0) is 17.6 Å². The number of halogens is 1. The first kappa shape index (κ1) is 7.50. The van der Waals surface area contributed by atoms with Crippen molar-refractivity contribution < 1.29 is 3.89 Å². The Morgan fingerprint density at radius 3 is 2.43 bits per heavy atom. The van der Waals surface area contributed by atoms with Crippen molar-refractivity contribution in [3.63, 3.8) is 0 Å². The van der Waals surface area contributed by atoms with Gasteiger partial charge in [-0.1, -0.05) is 13.3 Å². The first-order chi connectivity index (χ1) is 3.27. The highest BCUT2D eigenvalue weighted by Gasteiger charge is 1.85. The van der Waals surface area contributed by atoms with Crippen molar-refractivity contribution in [2.45, 2.75) is 19.8 Å². The van der Waals surface area contributed by atoms with Gasteiger partial charge in [0.2, 0.25) is 0 Å². The van der Waals surface area contributed by atoms with Crippen LogP contribution in [-0.2, 0) is 21.0 Å². The van der Waals surface area contributed by atoms with Gasteiger partial charge in [0, 0.05) is 5.75 Å². The molecule has 0 aromatic carbocycles. The summed E-state index contributed by atoms with van der Waals surface area (Å²) >= 11 is 4.31. The van der Waals surface area contributed by atoms with Crippen LogP contribution in [0.25, 0.3) is 0 Å². The Labute approximate surface area is 51.0 Å². The van der Waals surface area contributed by atoms with E-state index in [0.29, 0.717) is 5.75 Å². The van der Waals surface area contributed by atoms with Crippen molar-refractivity contribution in [1.29, 1.82) is 0 Å². The average Bonchev–Trinajstić information content (AvgIpc) is 1.61. The maximum Gasteiger partial charge on any atom is 0.0551 e. The lowest BCUT2D eigenvalue weighted by atomic mass is 10.4. The van der Waals surface area contributed by atoms with E-state index < -0.39 is 9.84 Å². The Morgan fingerprint density at radius 1 is 1.71 bits per heavy atom. The molecule has 0 amide bonds. The fourth-order valence-corrected chi connectivity index (χ4v) is 1.13. The minimum Gasteiger partial charge on any atom is -0.162 e. The lowest BCUT2D eigenvalue weighted by Gasteiger charge is -1.87. The summed E-state index contributed by atoms with van der Waals surface area (Å²) in [6.07, 6.45) is 1.98. The predicted molar refractivity (Wildman–Crippen MR) is 35.6 cm³/mol. The summed E-state index contributed by atoms with van der Waals surface area (Å²) in [7, 11) is -1.23. The standard InChI is InChI=1S/C4H9FS2/c1-2-3-4-7(5)6/h2-4H2,1H3. The van der Waals surface area contributed by atoms with Gasteiger partial charge in [-0.25, -0.2) is 0 Å². The van der Waals surface area contributed by atoms with E-state index in [9.17, 15) is 3.89 Å². The molecule has 0 radical (unpaired) electrons. The van der Waals surface area contributed by atoms with E-state index in [1.54, 1.807) is 0 Å². The van der Waals surface area contributed by atoms with Crippen molar-refractivity contribution in [3.05, 3.63) is 0 Å². The molecule has 0 saturated heterocycles. The van der Waals surface area contributed by atoms with Crippen molar-refractivity contribution >= 4 is 21.0 Å². The van der Waals surface area contributed by atoms with Crippen LogP contribution in [0.4, 0.5) is 3.89 Å². The van der Waals surface area contributed by atoms with Crippen LogP contribution in [0.5, 0.6) is 0 Å². The topological polar surface area (TPSA) is 0 Å². The molecule has 0 aliphatic carbocycles. The van der Waals surface area contributed by atoms with Gasteiger partial charge in [-0.3, -0.25) is 0 Å². The molecular formula is C4H9FS2. The molecule has 3 heteroatoms. The van der Waals surface area contributed by atoms with E-state index in [-0.39, 0.29) is 0 Å². The van der Waals surface area contributed by atoms with E-state index >= 15 is 0 Å². The quantitative estimate of drug-likeness (QED) is 0.538. The number of unbranched alkanes of at least 4 members (excludes halogenated alkanes) is 1. The summed E-state index contributed by atoms with van der Waals surface area (Å²) < 4.78 is 11.7. The fraction of sp³-hybridized carbons (Fsp3) is 1.00. The first-order valence-corrected chi connectivity index (χ1v) is 4.54. The second-order valence-electron chi connectivity index (χ2n) is 1.35. The Bertz CT molecular complexity index is 62.7. The molecule has 0 aromatic rings. The molecule has 0 spiro atoms. The summed E-state index contributed by atoms with van der Waals surface area (Å²) in [5.74, 6) is 0.575. The van der Waals surface area contributed by atoms with Gasteiger partial charge in [-0.2, -0.15) is 3.89 Å². The number of hydrogen-bond donors (Lipinski definition) is 0. The largest absolute Gasteiger partial charge is 0.162 e. The third kappa shape index (κ3) is 6.50. The van der Waals surface area contributed by atoms with Gasteiger partial charge >= 0.3 is 0 Å². The number of hydrogen-bond acceptors (Lipinski definition) is 1. The smallest absolute Gasteiger partial charge is 0.0551 e. The van der Waals surface area contributed by atoms with Crippen LogP contribution in [0, 0.1) is 0 Å². The van der Waals surface area contributed by atoms with Crippen LogP contribution in [0.2, 0.25) is 0 Å². The summed E-state index contributed by atoms with van der Waals surface area (Å²) in [5.41, 5.74) is 0. The monoisotopic (exact) mass is 140 g/mol. The molecule has 7 heavy (non-hydrogen) atoms. The first-order valence-electron chi connectivity index (χ1n) is 2.32. The molecule has 0 saturated carbocycles. The Hall–Kier alpha value is 0.500. The lowest BCUT2D eigenvalue weighted by molar-refractivity contribution is 0.860. The van der Waals surface area contributed by atoms with E-state index in [1.165, 1.54) is 0 Å². The van der Waals surface area contributed by atoms with Crippen molar-refractivity contribution in [2.24, 2.45) is 0 Å². The molecule has 44 valence electrons. The normalized spacial score (nSPS) is 14.0. The molecule has 0 aliphatic heterocycles. The summed E-state index contributed by atoms with van der Waals surface area (Å²) in [6.45, 7) is 2.03. The van der Waals surface area contributed by atoms with Crippen LogP contribution < -0.4 is 0 Å². The zero-order valence-corrected chi connectivity index (χ0v) is 5.95. The molecule has 0 bridgehead atoms. The Balaban J connectivity index is 2.82. The summed E-state index contributed by atoms with van der Waals surface area (Å²) in [4.78, 5) is 0. The van der Waals surface area contributed by atoms with E-state index in [4.69, 9.17) is 0 Å². The summed E-state index contributed by atoms with van der Waals surface area (Å²) in [6, 6.07) is 0. The van der Waals surface area contributed by atoms with E-state index in [2.05, 4.69) is 11.2 Å². The maximum atomic E-state index is 11.7. The summed E-state index contributed by atoms with van der Waals surface area (Å²) in [5, 5.41) is 0. The van der Waals surface area contributed by atoms with Gasteiger partial charge in [0.25, 0.3) is 0 Å². The third-order valence-electron chi connectivity index (χ3n) is 0.658. The van der Waals surface area contributed by atoms with Gasteiger partial charge in [0.05, 0.1) is 9.84 Å². The highest BCUT2D eigenvalue weighted by atomic mass is 32.8. The minimum atomic E-state index is -1.23. The molecule has 0 heterocycles. The molecule has 0 aliphatic rings. The molecular weight excluding hydrogens is 131 g/mol. The van der Waals surface area contributed by atoms with Gasteiger partial charge in [0.15, 0.2) is 0 Å². The minimum absolute atomic E-state index is 0.575. The van der Waals surface area contributed by atoms with Crippen molar-refractivity contribution in [2.75, 3.05) is 5.75 Å². The Kier molecular flexibility index (Phi) is 4.99. The lowest BCUT2D eigenvalue weighted by Crippen LogP contribution is -1.85. The van der Waals surface area contributed by atoms with Crippen LogP contribution >= 0.6 is 0 Å². The molecule has 0 nitrogen and oxygen atoms in total. The molecule has 0 rings (SSSR count). The zero-order chi connectivity index (χ0) is 5.70. The third-order valence-corrected chi connectivity index (χ3v) is 1.77. The SMILES string of the molecule is CCCCS(F)=S. The van der Waals surface area contributed by atoms with E-state index in [1.807, 2.05) is 6.92 Å². The van der Waals surface area contributed by atoms with Gasteiger partial charge in [0.1, 0.15) is 0 Å². The second-order valence-corrected chi connectivity index (χ2v) is 3.42. The van der Waals surface area contributed by atoms with Crippen LogP contribution in [0.3, 0.4) is 0 Å². The van der Waals surface area contributed by atoms with Gasteiger partial charge in [-0.15, -0.1) is 0 Å². The highest BCUT2D eigenvalue weighted by molar-refractivity contribution is 8.26. The maximum absolute atomic E-state index is 11.7. The van der Waals surface area contributed by atoms with Crippen LogP contribution in [0.1, 0.15) is 19.8 Å². The average molecular weight is 140 g/mol. The fourth-order valence-electron chi connectivity index (χ4n) is 0.258. The van der Waals surface area contributed by atoms with Crippen molar-refractivity contribution in [3.8, 4) is 0 Å². The second kappa shape index (κ2) is 4.65. The van der Waals surface area contributed by atoms with E-state index in [0.717, 1.165) is 12.8 Å². The van der Waals surface area contributed by atoms with Crippen molar-refractivity contribution in [1.82, 2.24) is 0 Å². The predicted octanol–water partition coefficient (Wildman–Crippen LogP) is 1.75. The van der Waals surface area contributed by atoms with Gasteiger partial charge < -0.3 is 0 Å². The van der Waals surface area contributed by atoms with Crippen LogP contribution in [-0.4, -0.2) is 5.75 Å². The number of rotatable bonds is 3. The van der Waals surface area contributed by atoms with Crippen LogP contribution in [0.15, 0.2) is 0 Å². The zero-order valence-electron chi connectivity index (χ0n) is 4.32. The Morgan fingerprint density at radius 2 is 2.29 bits per heavy atom.